The molecule has 2 rings (SSSR count). The Labute approximate surface area is 150 Å². The topological polar surface area (TPSA) is 54.5 Å². The number of hydrogen-bond donors (Lipinski definition) is 0. The fraction of sp³-hybridized carbons (Fsp3) is 0.400. The Kier molecular flexibility index (Phi) is 6.54. The minimum Gasteiger partial charge on any atom is -0.299 e. The van der Waals surface area contributed by atoms with Crippen molar-refractivity contribution in [2.24, 2.45) is 5.92 Å². The quantitative estimate of drug-likeness (QED) is 0.552. The van der Waals surface area contributed by atoms with E-state index in [9.17, 15) is 13.2 Å². The van der Waals surface area contributed by atoms with Crippen molar-refractivity contribution in [3.8, 4) is 0 Å². The molecule has 0 bridgehead atoms. The maximum Gasteiger partial charge on any atom is 0.243 e. The van der Waals surface area contributed by atoms with Gasteiger partial charge >= 0.3 is 0 Å². The number of nitrogens with zero attached hydrogens (tertiary/aromatic N) is 1. The van der Waals surface area contributed by atoms with Crippen LogP contribution in [-0.4, -0.2) is 31.6 Å². The zero-order chi connectivity index (χ0) is 18.4. The molecule has 25 heavy (non-hydrogen) atoms. The summed E-state index contributed by atoms with van der Waals surface area (Å²) in [6.45, 7) is 6.23. The largest absolute Gasteiger partial charge is 0.299 e. The van der Waals surface area contributed by atoms with E-state index >= 15 is 0 Å². The van der Waals surface area contributed by atoms with E-state index in [0.29, 0.717) is 6.42 Å². The number of benzene rings is 1. The number of hydrogen-bond acceptors (Lipinski definition) is 3. The van der Waals surface area contributed by atoms with Gasteiger partial charge in [0.1, 0.15) is 5.78 Å². The third-order valence-electron chi connectivity index (χ3n) is 4.14. The van der Waals surface area contributed by atoms with E-state index in [1.165, 1.54) is 4.31 Å². The second-order valence-corrected chi connectivity index (χ2v) is 8.46. The Hall–Kier alpha value is -1.94. The Morgan fingerprint density at radius 2 is 1.92 bits per heavy atom. The molecule has 1 aliphatic carbocycles. The molecule has 1 saturated carbocycles. The van der Waals surface area contributed by atoms with Crippen molar-refractivity contribution >= 4 is 15.8 Å². The van der Waals surface area contributed by atoms with Crippen molar-refractivity contribution in [1.82, 2.24) is 4.31 Å². The van der Waals surface area contributed by atoms with E-state index in [0.717, 1.165) is 17.6 Å². The molecule has 4 nitrogen and oxygen atoms in total. The van der Waals surface area contributed by atoms with Gasteiger partial charge in [0.05, 0.1) is 4.90 Å². The smallest absolute Gasteiger partial charge is 0.243 e. The number of allylic oxidation sites excluding steroid dienone is 1. The molecule has 134 valence electrons. The SMILES string of the molecule is CC(C)=C=CCN(C/C=C/C1CCC1=O)S(=O)(=O)c1ccc(C)cc1. The van der Waals surface area contributed by atoms with Crippen LogP contribution in [0.25, 0.3) is 0 Å². The van der Waals surface area contributed by atoms with E-state index in [1.54, 1.807) is 36.4 Å². The van der Waals surface area contributed by atoms with E-state index in [-0.39, 0.29) is 29.7 Å². The van der Waals surface area contributed by atoms with Crippen LogP contribution in [0.4, 0.5) is 0 Å². The lowest BCUT2D eigenvalue weighted by Gasteiger charge is -2.22. The highest BCUT2D eigenvalue weighted by molar-refractivity contribution is 7.89. The highest BCUT2D eigenvalue weighted by Crippen LogP contribution is 2.23. The van der Waals surface area contributed by atoms with Crippen LogP contribution in [0.5, 0.6) is 0 Å². The molecule has 1 aromatic carbocycles. The normalized spacial score (nSPS) is 17.4. The second kappa shape index (κ2) is 8.43. The van der Waals surface area contributed by atoms with Crippen molar-refractivity contribution in [2.45, 2.75) is 38.5 Å². The van der Waals surface area contributed by atoms with Crippen LogP contribution >= 0.6 is 0 Å². The number of carbonyl (C=O) groups is 1. The highest BCUT2D eigenvalue weighted by Gasteiger charge is 2.26. The number of carbonyl (C=O) groups excluding carboxylic acids is 1. The van der Waals surface area contributed by atoms with E-state index in [2.05, 4.69) is 5.73 Å². The molecule has 1 aliphatic rings. The summed E-state index contributed by atoms with van der Waals surface area (Å²) in [5.41, 5.74) is 5.05. The summed E-state index contributed by atoms with van der Waals surface area (Å²) in [6, 6.07) is 6.84. The average molecular weight is 359 g/mol. The van der Waals surface area contributed by atoms with Crippen LogP contribution in [0.3, 0.4) is 0 Å². The molecule has 0 radical (unpaired) electrons. The summed E-state index contributed by atoms with van der Waals surface area (Å²) < 4.78 is 27.2. The lowest BCUT2D eigenvalue weighted by atomic mass is 9.84. The molecule has 1 atom stereocenters. The van der Waals surface area contributed by atoms with E-state index in [1.807, 2.05) is 26.8 Å². The van der Waals surface area contributed by atoms with Gasteiger partial charge in [0.2, 0.25) is 10.0 Å². The molecule has 0 aromatic heterocycles. The minimum absolute atomic E-state index is 0.0442. The number of rotatable bonds is 7. The van der Waals surface area contributed by atoms with Gasteiger partial charge in [-0.1, -0.05) is 29.8 Å². The Morgan fingerprint density at radius 3 is 2.44 bits per heavy atom. The minimum atomic E-state index is -3.60. The molecule has 0 heterocycles. The van der Waals surface area contributed by atoms with Crippen molar-refractivity contribution in [3.63, 3.8) is 0 Å². The summed E-state index contributed by atoms with van der Waals surface area (Å²) in [6.07, 6.45) is 6.82. The predicted molar refractivity (Wildman–Crippen MR) is 99.8 cm³/mol. The van der Waals surface area contributed by atoms with Crippen LogP contribution < -0.4 is 0 Å². The van der Waals surface area contributed by atoms with Crippen molar-refractivity contribution < 1.29 is 13.2 Å². The number of aryl methyl sites for hydroxylation is 1. The van der Waals surface area contributed by atoms with Gasteiger partial charge in [-0.2, -0.15) is 4.31 Å². The lowest BCUT2D eigenvalue weighted by molar-refractivity contribution is -0.127. The zero-order valence-corrected chi connectivity index (χ0v) is 15.8. The molecule has 5 heteroatoms. The lowest BCUT2D eigenvalue weighted by Crippen LogP contribution is -2.32. The van der Waals surface area contributed by atoms with Crippen LogP contribution in [0, 0.1) is 12.8 Å². The van der Waals surface area contributed by atoms with E-state index < -0.39 is 10.0 Å². The molecule has 0 saturated heterocycles. The molecule has 0 amide bonds. The highest BCUT2D eigenvalue weighted by atomic mass is 32.2. The van der Waals surface area contributed by atoms with Crippen LogP contribution in [0.15, 0.2) is 58.7 Å². The average Bonchev–Trinajstić information content (AvgIpc) is 2.55. The van der Waals surface area contributed by atoms with Gasteiger partial charge < -0.3 is 0 Å². The molecule has 0 N–H and O–H groups in total. The van der Waals surface area contributed by atoms with Crippen LogP contribution in [0.2, 0.25) is 0 Å². The maximum atomic E-state index is 12.9. The van der Waals surface area contributed by atoms with Gasteiger partial charge in [-0.05, 0) is 51.0 Å². The Morgan fingerprint density at radius 1 is 1.24 bits per heavy atom. The third-order valence-corrected chi connectivity index (χ3v) is 5.98. The number of sulfonamides is 1. The van der Waals surface area contributed by atoms with Crippen molar-refractivity contribution in [2.75, 3.05) is 13.1 Å². The first kappa shape index (κ1) is 19.4. The summed E-state index contributed by atoms with van der Waals surface area (Å²) in [7, 11) is -3.60. The molecule has 0 spiro atoms. The van der Waals surface area contributed by atoms with E-state index in [4.69, 9.17) is 0 Å². The third kappa shape index (κ3) is 5.27. The first-order valence-corrected chi connectivity index (χ1v) is 9.89. The van der Waals surface area contributed by atoms with Crippen molar-refractivity contribution in [3.05, 3.63) is 59.4 Å². The summed E-state index contributed by atoms with van der Waals surface area (Å²) in [5, 5.41) is 0. The first-order valence-electron chi connectivity index (χ1n) is 8.45. The predicted octanol–water partition coefficient (Wildman–Crippen LogP) is 3.64. The van der Waals surface area contributed by atoms with Crippen LogP contribution in [0.1, 0.15) is 32.3 Å². The molecule has 0 aliphatic heterocycles. The van der Waals surface area contributed by atoms with Gasteiger partial charge in [-0.25, -0.2) is 8.42 Å². The fourth-order valence-corrected chi connectivity index (χ4v) is 3.79. The fourth-order valence-electron chi connectivity index (χ4n) is 2.46. The molecular weight excluding hydrogens is 334 g/mol. The summed E-state index contributed by atoms with van der Waals surface area (Å²) in [4.78, 5) is 11.7. The Bertz CT molecular complexity index is 809. The molecule has 1 fully saturated rings. The standard InChI is InChI=1S/C20H25NO3S/c1-16(2)6-4-14-21(15-5-7-18-10-13-20(18)22)25(23,24)19-11-8-17(3)9-12-19/h4-5,7-9,11-12,18H,10,13-15H2,1-3H3/b7-5+. The monoisotopic (exact) mass is 359 g/mol. The zero-order valence-electron chi connectivity index (χ0n) is 15.0. The summed E-state index contributed by atoms with van der Waals surface area (Å²) in [5.74, 6) is 0.186. The second-order valence-electron chi connectivity index (χ2n) is 6.52. The molecule has 1 aromatic rings. The number of Topliss-reactive ketones (excluding diaryl/α,β-unsaturated/α-hetero) is 1. The number of ketones is 1. The Balaban J connectivity index is 2.21. The van der Waals surface area contributed by atoms with Crippen LogP contribution in [-0.2, 0) is 14.8 Å². The first-order chi connectivity index (χ1) is 11.8. The van der Waals surface area contributed by atoms with Crippen molar-refractivity contribution in [1.29, 1.82) is 0 Å². The molecular formula is C20H25NO3S. The molecule has 1 unspecified atom stereocenters. The van der Waals surface area contributed by atoms with Gasteiger partial charge in [0.25, 0.3) is 0 Å². The van der Waals surface area contributed by atoms with Gasteiger partial charge in [0.15, 0.2) is 0 Å². The van der Waals surface area contributed by atoms with Gasteiger partial charge in [0, 0.05) is 25.4 Å². The summed E-state index contributed by atoms with van der Waals surface area (Å²) >= 11 is 0. The van der Waals surface area contributed by atoms with Gasteiger partial charge in [-0.15, -0.1) is 5.73 Å². The maximum absolute atomic E-state index is 12.9. The van der Waals surface area contributed by atoms with Gasteiger partial charge in [-0.3, -0.25) is 4.79 Å².